The lowest BCUT2D eigenvalue weighted by atomic mass is 9.98. The first kappa shape index (κ1) is 23.2. The van der Waals surface area contributed by atoms with Crippen LogP contribution in [0.25, 0.3) is 0 Å². The Balaban J connectivity index is 1.58. The molecule has 2 saturated heterocycles. The van der Waals surface area contributed by atoms with E-state index < -0.39 is 51.1 Å². The maximum Gasteiger partial charge on any atom is 0.417 e. The molecular formula is C19H21F3N2O6S. The topological polar surface area (TPSA) is 101 Å². The largest absolute Gasteiger partial charge is 0.455 e. The van der Waals surface area contributed by atoms with Crippen molar-refractivity contribution in [1.82, 2.24) is 9.21 Å². The molecule has 31 heavy (non-hydrogen) atoms. The second kappa shape index (κ2) is 8.95. The van der Waals surface area contributed by atoms with E-state index in [4.69, 9.17) is 4.74 Å². The van der Waals surface area contributed by atoms with Crippen molar-refractivity contribution >= 4 is 27.8 Å². The Hall–Kier alpha value is -2.47. The van der Waals surface area contributed by atoms with Crippen LogP contribution in [0.3, 0.4) is 0 Å². The Labute approximate surface area is 177 Å². The molecular weight excluding hydrogens is 441 g/mol. The standard InChI is InChI=1S/C19H21F3N2O6S/c20-19(21,22)14-4-1-2-5-15(14)31(28,29)23-10-7-13(8-11-23)18(27)30-12-17(26)24-9-3-6-16(24)25/h1-2,4-5,13H,3,6-12H2. The molecule has 2 aliphatic rings. The van der Waals surface area contributed by atoms with Crippen LogP contribution in [0.5, 0.6) is 0 Å². The molecule has 0 unspecified atom stereocenters. The summed E-state index contributed by atoms with van der Waals surface area (Å²) in [6, 6.07) is 3.94. The first-order valence-corrected chi connectivity index (χ1v) is 11.1. The van der Waals surface area contributed by atoms with Crippen molar-refractivity contribution in [2.24, 2.45) is 5.92 Å². The average molecular weight is 462 g/mol. The number of carbonyl (C=O) groups excluding carboxylic acids is 3. The minimum Gasteiger partial charge on any atom is -0.455 e. The van der Waals surface area contributed by atoms with Crippen LogP contribution in [-0.4, -0.2) is 61.6 Å². The van der Waals surface area contributed by atoms with Crippen LogP contribution < -0.4 is 0 Å². The first-order valence-electron chi connectivity index (χ1n) is 9.68. The van der Waals surface area contributed by atoms with Crippen LogP contribution in [-0.2, 0) is 35.3 Å². The Morgan fingerprint density at radius 3 is 2.32 bits per heavy atom. The third kappa shape index (κ3) is 5.06. The van der Waals surface area contributed by atoms with E-state index in [1.807, 2.05) is 0 Å². The Kier molecular flexibility index (Phi) is 6.70. The minimum atomic E-state index is -4.82. The van der Waals surface area contributed by atoms with Gasteiger partial charge in [-0.15, -0.1) is 0 Å². The van der Waals surface area contributed by atoms with Crippen LogP contribution in [0.2, 0.25) is 0 Å². The number of alkyl halides is 3. The van der Waals surface area contributed by atoms with Crippen molar-refractivity contribution < 1.29 is 40.7 Å². The number of hydrogen-bond acceptors (Lipinski definition) is 6. The first-order chi connectivity index (χ1) is 14.5. The van der Waals surface area contributed by atoms with Gasteiger partial charge in [-0.2, -0.15) is 17.5 Å². The van der Waals surface area contributed by atoms with E-state index in [9.17, 15) is 36.0 Å². The predicted octanol–water partition coefficient (Wildman–Crippen LogP) is 1.80. The lowest BCUT2D eigenvalue weighted by molar-refractivity contribution is -0.158. The van der Waals surface area contributed by atoms with E-state index >= 15 is 0 Å². The van der Waals surface area contributed by atoms with Crippen molar-refractivity contribution in [3.05, 3.63) is 29.8 Å². The summed E-state index contributed by atoms with van der Waals surface area (Å²) in [5.41, 5.74) is -1.24. The van der Waals surface area contributed by atoms with Crippen molar-refractivity contribution in [1.29, 1.82) is 0 Å². The molecule has 170 valence electrons. The molecule has 2 aliphatic heterocycles. The third-order valence-corrected chi connectivity index (χ3v) is 7.27. The molecule has 2 heterocycles. The molecule has 0 N–H and O–H groups in total. The summed E-state index contributed by atoms with van der Waals surface area (Å²) in [6.45, 7) is -0.618. The molecule has 0 radical (unpaired) electrons. The Morgan fingerprint density at radius 1 is 1.10 bits per heavy atom. The molecule has 0 aromatic heterocycles. The highest BCUT2D eigenvalue weighted by molar-refractivity contribution is 7.89. The maximum atomic E-state index is 13.2. The summed E-state index contributed by atoms with van der Waals surface area (Å²) < 4.78 is 71.0. The Bertz CT molecular complexity index is 971. The van der Waals surface area contributed by atoms with Crippen LogP contribution in [0.4, 0.5) is 13.2 Å². The van der Waals surface area contributed by atoms with Gasteiger partial charge in [0.1, 0.15) is 0 Å². The molecule has 2 fully saturated rings. The molecule has 3 rings (SSSR count). The molecule has 0 spiro atoms. The van der Waals surface area contributed by atoms with Crippen molar-refractivity contribution in [2.75, 3.05) is 26.2 Å². The fourth-order valence-electron chi connectivity index (χ4n) is 3.64. The highest BCUT2D eigenvalue weighted by Crippen LogP contribution is 2.36. The second-order valence-electron chi connectivity index (χ2n) is 7.32. The number of imide groups is 1. The van der Waals surface area contributed by atoms with E-state index in [1.165, 1.54) is 6.07 Å². The number of ether oxygens (including phenoxy) is 1. The molecule has 0 bridgehead atoms. The van der Waals surface area contributed by atoms with E-state index in [0.29, 0.717) is 12.5 Å². The third-order valence-electron chi connectivity index (χ3n) is 5.31. The monoisotopic (exact) mass is 462 g/mol. The molecule has 2 amide bonds. The molecule has 0 atom stereocenters. The molecule has 12 heteroatoms. The van der Waals surface area contributed by atoms with Gasteiger partial charge in [0.25, 0.3) is 5.91 Å². The number of likely N-dealkylation sites (tertiary alicyclic amines) is 1. The van der Waals surface area contributed by atoms with Crippen LogP contribution in [0, 0.1) is 5.92 Å². The summed E-state index contributed by atoms with van der Waals surface area (Å²) in [4.78, 5) is 35.9. The summed E-state index contributed by atoms with van der Waals surface area (Å²) in [5, 5.41) is 0. The highest BCUT2D eigenvalue weighted by Gasteiger charge is 2.40. The lowest BCUT2D eigenvalue weighted by Gasteiger charge is -2.30. The van der Waals surface area contributed by atoms with Gasteiger partial charge in [-0.05, 0) is 31.4 Å². The van der Waals surface area contributed by atoms with Crippen molar-refractivity contribution in [3.8, 4) is 0 Å². The summed E-state index contributed by atoms with van der Waals surface area (Å²) in [7, 11) is -4.40. The maximum absolute atomic E-state index is 13.2. The van der Waals surface area contributed by atoms with Crippen molar-refractivity contribution in [2.45, 2.75) is 36.8 Å². The smallest absolute Gasteiger partial charge is 0.417 e. The lowest BCUT2D eigenvalue weighted by Crippen LogP contribution is -2.42. The number of halogens is 3. The Morgan fingerprint density at radius 2 is 1.74 bits per heavy atom. The SMILES string of the molecule is O=C(OCC(=O)N1CCCC1=O)C1CCN(S(=O)(=O)c2ccccc2C(F)(F)F)CC1. The summed E-state index contributed by atoms with van der Waals surface area (Å²) in [5.74, 6) is -2.32. The van der Waals surface area contributed by atoms with E-state index in [1.54, 1.807) is 0 Å². The fraction of sp³-hybridized carbons (Fsp3) is 0.526. The van der Waals surface area contributed by atoms with Gasteiger partial charge in [-0.3, -0.25) is 19.3 Å². The van der Waals surface area contributed by atoms with Gasteiger partial charge in [-0.25, -0.2) is 8.42 Å². The van der Waals surface area contributed by atoms with Crippen LogP contribution in [0.1, 0.15) is 31.2 Å². The second-order valence-corrected chi connectivity index (χ2v) is 9.23. The van der Waals surface area contributed by atoms with Gasteiger partial charge in [0.05, 0.1) is 16.4 Å². The van der Waals surface area contributed by atoms with Crippen LogP contribution in [0.15, 0.2) is 29.2 Å². The normalized spacial score (nSPS) is 18.9. The number of esters is 1. The highest BCUT2D eigenvalue weighted by atomic mass is 32.2. The fourth-order valence-corrected chi connectivity index (χ4v) is 5.32. The number of benzene rings is 1. The number of piperidine rings is 1. The molecule has 0 aliphatic carbocycles. The number of rotatable bonds is 5. The number of nitrogens with zero attached hydrogens (tertiary/aromatic N) is 2. The van der Waals surface area contributed by atoms with E-state index in [2.05, 4.69) is 0 Å². The zero-order chi connectivity index (χ0) is 22.8. The number of sulfonamides is 1. The number of hydrogen-bond donors (Lipinski definition) is 0. The van der Waals surface area contributed by atoms with Gasteiger partial charge in [0, 0.05) is 26.1 Å². The summed E-state index contributed by atoms with van der Waals surface area (Å²) in [6.07, 6.45) is -3.91. The number of amides is 2. The molecule has 0 saturated carbocycles. The van der Waals surface area contributed by atoms with Gasteiger partial charge in [0.2, 0.25) is 15.9 Å². The molecule has 1 aromatic carbocycles. The van der Waals surface area contributed by atoms with E-state index in [0.717, 1.165) is 21.3 Å². The quantitative estimate of drug-likeness (QED) is 0.619. The zero-order valence-corrected chi connectivity index (χ0v) is 17.2. The van der Waals surface area contributed by atoms with Crippen LogP contribution >= 0.6 is 0 Å². The minimum absolute atomic E-state index is 0.0447. The molecule has 1 aromatic rings. The average Bonchev–Trinajstić information content (AvgIpc) is 3.17. The van der Waals surface area contributed by atoms with Gasteiger partial charge >= 0.3 is 12.1 Å². The van der Waals surface area contributed by atoms with Gasteiger partial charge in [-0.1, -0.05) is 12.1 Å². The van der Waals surface area contributed by atoms with Gasteiger partial charge < -0.3 is 4.74 Å². The van der Waals surface area contributed by atoms with Gasteiger partial charge in [0.15, 0.2) is 6.61 Å². The van der Waals surface area contributed by atoms with Crippen molar-refractivity contribution in [3.63, 3.8) is 0 Å². The molecule has 8 nitrogen and oxygen atoms in total. The van der Waals surface area contributed by atoms with E-state index in [-0.39, 0.29) is 44.8 Å². The summed E-state index contributed by atoms with van der Waals surface area (Å²) >= 11 is 0. The number of carbonyl (C=O) groups is 3. The zero-order valence-electron chi connectivity index (χ0n) is 16.4. The predicted molar refractivity (Wildman–Crippen MR) is 99.8 cm³/mol.